The van der Waals surface area contributed by atoms with Gasteiger partial charge in [0.25, 0.3) is 10.0 Å². The standard InChI is InChI=1S/C18H19NO4S/c1-12-4-6-14(7-5-12)24(21,22)19-9-8-15-16(11-20)17(23-3)10-13(2)18(15)19/h4-10,20H,11H2,1-3H3. The van der Waals surface area contributed by atoms with Crippen molar-refractivity contribution in [3.8, 4) is 5.75 Å². The number of rotatable bonds is 4. The molecule has 24 heavy (non-hydrogen) atoms. The van der Waals surface area contributed by atoms with Crippen LogP contribution in [-0.2, 0) is 16.6 Å². The maximum absolute atomic E-state index is 13.0. The zero-order valence-corrected chi connectivity index (χ0v) is 14.6. The topological polar surface area (TPSA) is 68.5 Å². The van der Waals surface area contributed by atoms with Crippen LogP contribution >= 0.6 is 0 Å². The number of methoxy groups -OCH3 is 1. The Morgan fingerprint density at radius 3 is 2.38 bits per heavy atom. The van der Waals surface area contributed by atoms with Crippen LogP contribution in [0.25, 0.3) is 10.9 Å². The van der Waals surface area contributed by atoms with Crippen molar-refractivity contribution in [2.75, 3.05) is 7.11 Å². The van der Waals surface area contributed by atoms with Crippen LogP contribution in [0.3, 0.4) is 0 Å². The van der Waals surface area contributed by atoms with Gasteiger partial charge in [0.1, 0.15) is 5.75 Å². The highest BCUT2D eigenvalue weighted by atomic mass is 32.2. The third-order valence-corrected chi connectivity index (χ3v) is 5.84. The van der Waals surface area contributed by atoms with E-state index in [1.165, 1.54) is 17.3 Å². The van der Waals surface area contributed by atoms with Crippen molar-refractivity contribution in [1.82, 2.24) is 3.97 Å². The van der Waals surface area contributed by atoms with E-state index < -0.39 is 10.0 Å². The number of benzene rings is 2. The van der Waals surface area contributed by atoms with Crippen LogP contribution in [0.5, 0.6) is 5.75 Å². The molecule has 0 spiro atoms. The van der Waals surface area contributed by atoms with Crippen LogP contribution in [0.2, 0.25) is 0 Å². The summed E-state index contributed by atoms with van der Waals surface area (Å²) in [5.74, 6) is 0.549. The number of ether oxygens (including phenoxy) is 1. The van der Waals surface area contributed by atoms with E-state index in [4.69, 9.17) is 4.74 Å². The van der Waals surface area contributed by atoms with Crippen LogP contribution in [0.1, 0.15) is 16.7 Å². The fraction of sp³-hybridized carbons (Fsp3) is 0.222. The van der Waals surface area contributed by atoms with Gasteiger partial charge in [0, 0.05) is 17.1 Å². The van der Waals surface area contributed by atoms with Gasteiger partial charge < -0.3 is 9.84 Å². The molecule has 6 heteroatoms. The Labute approximate surface area is 141 Å². The monoisotopic (exact) mass is 345 g/mol. The van der Waals surface area contributed by atoms with Gasteiger partial charge in [0.15, 0.2) is 0 Å². The zero-order valence-electron chi connectivity index (χ0n) is 13.8. The first-order chi connectivity index (χ1) is 11.4. The van der Waals surface area contributed by atoms with E-state index >= 15 is 0 Å². The van der Waals surface area contributed by atoms with Gasteiger partial charge in [0.2, 0.25) is 0 Å². The van der Waals surface area contributed by atoms with Gasteiger partial charge in [-0.2, -0.15) is 0 Å². The number of nitrogens with zero attached hydrogens (tertiary/aromatic N) is 1. The first-order valence-electron chi connectivity index (χ1n) is 7.50. The first-order valence-corrected chi connectivity index (χ1v) is 8.94. The van der Waals surface area contributed by atoms with Gasteiger partial charge >= 0.3 is 0 Å². The lowest BCUT2D eigenvalue weighted by molar-refractivity contribution is 0.275. The lowest BCUT2D eigenvalue weighted by atomic mass is 10.1. The first kappa shape index (κ1) is 16.5. The molecule has 2 aromatic carbocycles. The zero-order chi connectivity index (χ0) is 17.5. The van der Waals surface area contributed by atoms with Crippen molar-refractivity contribution in [3.05, 3.63) is 59.3 Å². The number of aliphatic hydroxyl groups excluding tert-OH is 1. The summed E-state index contributed by atoms with van der Waals surface area (Å²) in [7, 11) is -2.18. The van der Waals surface area contributed by atoms with Crippen LogP contribution in [0.15, 0.2) is 47.5 Å². The molecule has 0 unspecified atom stereocenters. The van der Waals surface area contributed by atoms with Crippen LogP contribution < -0.4 is 4.74 Å². The smallest absolute Gasteiger partial charge is 0.268 e. The summed E-state index contributed by atoms with van der Waals surface area (Å²) in [5, 5.41) is 10.3. The average Bonchev–Trinajstić information content (AvgIpc) is 3.01. The van der Waals surface area contributed by atoms with E-state index in [0.717, 1.165) is 11.1 Å². The summed E-state index contributed by atoms with van der Waals surface area (Å²) >= 11 is 0. The SMILES string of the molecule is COc1cc(C)c2c(ccn2S(=O)(=O)c2ccc(C)cc2)c1CO. The predicted octanol–water partition coefficient (Wildman–Crippen LogP) is 3.00. The average molecular weight is 345 g/mol. The number of aryl methyl sites for hydroxylation is 2. The Hall–Kier alpha value is -2.31. The predicted molar refractivity (Wildman–Crippen MR) is 92.9 cm³/mol. The number of fused-ring (bicyclic) bond motifs is 1. The van der Waals surface area contributed by atoms with Crippen molar-refractivity contribution in [1.29, 1.82) is 0 Å². The van der Waals surface area contributed by atoms with Gasteiger partial charge in [0.05, 0.1) is 24.1 Å². The molecule has 1 aromatic heterocycles. The number of aromatic nitrogens is 1. The Morgan fingerprint density at radius 2 is 1.79 bits per heavy atom. The third-order valence-electron chi connectivity index (χ3n) is 4.15. The minimum absolute atomic E-state index is 0.228. The number of aliphatic hydroxyl groups is 1. The molecule has 0 aliphatic carbocycles. The molecule has 1 N–H and O–H groups in total. The number of hydrogen-bond acceptors (Lipinski definition) is 4. The highest BCUT2D eigenvalue weighted by Gasteiger charge is 2.22. The van der Waals surface area contributed by atoms with E-state index in [2.05, 4.69) is 0 Å². The second-order valence-electron chi connectivity index (χ2n) is 5.72. The fourth-order valence-corrected chi connectivity index (χ4v) is 4.31. The highest BCUT2D eigenvalue weighted by molar-refractivity contribution is 7.90. The molecule has 0 aliphatic heterocycles. The molecule has 1 heterocycles. The second kappa shape index (κ2) is 5.96. The van der Waals surface area contributed by atoms with E-state index in [0.29, 0.717) is 22.2 Å². The van der Waals surface area contributed by atoms with Crippen molar-refractivity contribution in [2.24, 2.45) is 0 Å². The van der Waals surface area contributed by atoms with Crippen molar-refractivity contribution in [3.63, 3.8) is 0 Å². The van der Waals surface area contributed by atoms with E-state index in [1.807, 2.05) is 13.8 Å². The van der Waals surface area contributed by atoms with E-state index in [9.17, 15) is 13.5 Å². The molecule has 0 saturated heterocycles. The summed E-state index contributed by atoms with van der Waals surface area (Å²) in [6.07, 6.45) is 1.52. The quantitative estimate of drug-likeness (QED) is 0.789. The largest absolute Gasteiger partial charge is 0.496 e. The Balaban J connectivity index is 2.30. The molecule has 0 fully saturated rings. The van der Waals surface area contributed by atoms with E-state index in [1.54, 1.807) is 36.4 Å². The molecule has 0 aliphatic rings. The Morgan fingerprint density at radius 1 is 1.12 bits per heavy atom. The molecular formula is C18H19NO4S. The third kappa shape index (κ3) is 2.48. The maximum Gasteiger partial charge on any atom is 0.268 e. The molecule has 0 atom stereocenters. The molecule has 0 radical (unpaired) electrons. The molecular weight excluding hydrogens is 326 g/mol. The molecule has 0 amide bonds. The molecule has 0 saturated carbocycles. The van der Waals surface area contributed by atoms with Crippen LogP contribution in [0, 0.1) is 13.8 Å². The molecule has 3 aromatic rings. The summed E-state index contributed by atoms with van der Waals surface area (Å²) in [6, 6.07) is 10.2. The van der Waals surface area contributed by atoms with Gasteiger partial charge in [-0.15, -0.1) is 0 Å². The van der Waals surface area contributed by atoms with Crippen LogP contribution in [0.4, 0.5) is 0 Å². The lowest BCUT2D eigenvalue weighted by Gasteiger charge is -2.13. The highest BCUT2D eigenvalue weighted by Crippen LogP contribution is 2.33. The molecule has 126 valence electrons. The Bertz CT molecular complexity index is 1000. The summed E-state index contributed by atoms with van der Waals surface area (Å²) < 4.78 is 32.6. The lowest BCUT2D eigenvalue weighted by Crippen LogP contribution is -2.12. The molecule has 3 rings (SSSR count). The Kier molecular flexibility index (Phi) is 4.11. The van der Waals surface area contributed by atoms with Crippen molar-refractivity contribution >= 4 is 20.9 Å². The fourth-order valence-electron chi connectivity index (χ4n) is 2.90. The summed E-state index contributed by atoms with van der Waals surface area (Å²) in [6.45, 7) is 3.51. The summed E-state index contributed by atoms with van der Waals surface area (Å²) in [5.41, 5.74) is 2.89. The van der Waals surface area contributed by atoms with Crippen LogP contribution in [-0.4, -0.2) is 24.6 Å². The normalized spacial score (nSPS) is 11.8. The molecule has 0 bridgehead atoms. The maximum atomic E-state index is 13.0. The van der Waals surface area contributed by atoms with Crippen molar-refractivity contribution in [2.45, 2.75) is 25.3 Å². The van der Waals surface area contributed by atoms with Gasteiger partial charge in [-0.3, -0.25) is 0 Å². The van der Waals surface area contributed by atoms with E-state index in [-0.39, 0.29) is 11.5 Å². The minimum Gasteiger partial charge on any atom is -0.496 e. The van der Waals surface area contributed by atoms with Gasteiger partial charge in [-0.25, -0.2) is 12.4 Å². The second-order valence-corrected chi connectivity index (χ2v) is 7.54. The van der Waals surface area contributed by atoms with Crippen molar-refractivity contribution < 1.29 is 18.3 Å². The minimum atomic E-state index is -3.71. The van der Waals surface area contributed by atoms with Gasteiger partial charge in [-0.05, 0) is 43.7 Å². The number of hydrogen-bond donors (Lipinski definition) is 1. The molecule has 5 nitrogen and oxygen atoms in total. The van der Waals surface area contributed by atoms with Gasteiger partial charge in [-0.1, -0.05) is 17.7 Å². The summed E-state index contributed by atoms with van der Waals surface area (Å²) in [4.78, 5) is 0.228.